The highest BCUT2D eigenvalue weighted by molar-refractivity contribution is 7.89. The highest BCUT2D eigenvalue weighted by atomic mass is 32.2. The van der Waals surface area contributed by atoms with E-state index in [4.69, 9.17) is 4.53 Å². The number of amides is 1. The quantitative estimate of drug-likeness (QED) is 0.534. The lowest BCUT2D eigenvalue weighted by atomic mass is 9.95. The van der Waals surface area contributed by atoms with Crippen LogP contribution in [0.25, 0.3) is 0 Å². The van der Waals surface area contributed by atoms with Crippen molar-refractivity contribution in [3.63, 3.8) is 0 Å². The van der Waals surface area contributed by atoms with Gasteiger partial charge in [0.05, 0.1) is 5.75 Å². The van der Waals surface area contributed by atoms with Crippen LogP contribution in [0.3, 0.4) is 0 Å². The van der Waals surface area contributed by atoms with E-state index in [2.05, 4.69) is 10.5 Å². The second-order valence-corrected chi connectivity index (χ2v) is 14.6. The van der Waals surface area contributed by atoms with Crippen LogP contribution in [-0.2, 0) is 38.7 Å². The Morgan fingerprint density at radius 2 is 1.83 bits per heavy atom. The van der Waals surface area contributed by atoms with Crippen LogP contribution in [0.15, 0.2) is 48.8 Å². The first kappa shape index (κ1) is 21.6. The molecule has 2 heterocycles. The third-order valence-corrected chi connectivity index (χ3v) is 7.25. The Morgan fingerprint density at radius 1 is 1.17 bits per heavy atom. The summed E-state index contributed by atoms with van der Waals surface area (Å²) in [6, 6.07) is 10.4. The summed E-state index contributed by atoms with van der Waals surface area (Å²) < 4.78 is 33.2. The van der Waals surface area contributed by atoms with Crippen molar-refractivity contribution in [2.45, 2.75) is 45.1 Å². The minimum Gasteiger partial charge on any atom is -0.320 e. The molecule has 0 bridgehead atoms. The highest BCUT2D eigenvalue weighted by Gasteiger charge is 2.39. The molecule has 2 aromatic rings. The molecule has 1 amide bonds. The highest BCUT2D eigenvalue weighted by Crippen LogP contribution is 2.26. The number of nitrogens with one attached hydrogen (secondary N) is 1. The molecular weight excluding hydrogens is 406 g/mol. The van der Waals surface area contributed by atoms with E-state index in [1.807, 2.05) is 43.9 Å². The topological polar surface area (TPSA) is 88.6 Å². The maximum absolute atomic E-state index is 13.2. The number of pyridine rings is 1. The Kier molecular flexibility index (Phi) is 6.52. The van der Waals surface area contributed by atoms with Crippen molar-refractivity contribution < 1.29 is 17.7 Å². The smallest absolute Gasteiger partial charge is 0.261 e. The van der Waals surface area contributed by atoms with E-state index in [-0.39, 0.29) is 12.3 Å². The summed E-state index contributed by atoms with van der Waals surface area (Å²) in [5, 5.41) is 0. The Hall–Kier alpha value is -2.07. The standard InChI is InChI=1S/C20H27N3O4SSi/c1-29(2,3)27-22-20(24)19-14-17-6-4-5-7-18(17)15-23(19)28(25,26)13-10-16-8-11-21-12-9-16/h4-9,11-12,19H,10,13-15H2,1-3H3,(H,22,24)/t19-/m1/s1. The van der Waals surface area contributed by atoms with Gasteiger partial charge < -0.3 is 4.53 Å². The lowest BCUT2D eigenvalue weighted by molar-refractivity contribution is -0.132. The van der Waals surface area contributed by atoms with Gasteiger partial charge in [-0.2, -0.15) is 4.31 Å². The van der Waals surface area contributed by atoms with Gasteiger partial charge in [0.2, 0.25) is 18.3 Å². The molecule has 1 aliphatic heterocycles. The summed E-state index contributed by atoms with van der Waals surface area (Å²) in [5.74, 6) is -0.493. The third-order valence-electron chi connectivity index (χ3n) is 4.72. The van der Waals surface area contributed by atoms with Crippen LogP contribution in [0, 0.1) is 0 Å². The van der Waals surface area contributed by atoms with Crippen LogP contribution in [0.1, 0.15) is 16.7 Å². The molecule has 0 fully saturated rings. The lowest BCUT2D eigenvalue weighted by Gasteiger charge is -2.35. The molecule has 1 aromatic heterocycles. The van der Waals surface area contributed by atoms with Crippen molar-refractivity contribution in [3.05, 3.63) is 65.5 Å². The molecule has 3 rings (SSSR count). The van der Waals surface area contributed by atoms with Crippen molar-refractivity contribution >= 4 is 24.2 Å². The molecule has 0 radical (unpaired) electrons. The predicted molar refractivity (Wildman–Crippen MR) is 114 cm³/mol. The molecule has 0 spiro atoms. The summed E-state index contributed by atoms with van der Waals surface area (Å²) in [5.41, 5.74) is 5.31. The molecule has 1 N–H and O–H groups in total. The van der Waals surface area contributed by atoms with E-state index >= 15 is 0 Å². The monoisotopic (exact) mass is 433 g/mol. The summed E-state index contributed by atoms with van der Waals surface area (Å²) in [7, 11) is -5.65. The molecule has 1 aliphatic rings. The second-order valence-electron chi connectivity index (χ2n) is 8.14. The van der Waals surface area contributed by atoms with Crippen LogP contribution in [0.5, 0.6) is 0 Å². The number of aromatic nitrogens is 1. The van der Waals surface area contributed by atoms with Gasteiger partial charge in [0.1, 0.15) is 6.04 Å². The molecule has 9 heteroatoms. The summed E-state index contributed by atoms with van der Waals surface area (Å²) >= 11 is 0. The van der Waals surface area contributed by atoms with E-state index in [1.165, 1.54) is 4.31 Å². The van der Waals surface area contributed by atoms with Gasteiger partial charge in [0, 0.05) is 18.9 Å². The number of sulfonamides is 1. The van der Waals surface area contributed by atoms with E-state index in [0.29, 0.717) is 12.8 Å². The van der Waals surface area contributed by atoms with Crippen LogP contribution < -0.4 is 5.48 Å². The Balaban J connectivity index is 1.82. The average molecular weight is 434 g/mol. The zero-order valence-corrected chi connectivity index (χ0v) is 18.8. The zero-order valence-electron chi connectivity index (χ0n) is 17.0. The first-order valence-electron chi connectivity index (χ1n) is 9.59. The molecule has 0 unspecified atom stereocenters. The number of hydrogen-bond acceptors (Lipinski definition) is 5. The molecule has 156 valence electrons. The predicted octanol–water partition coefficient (Wildman–Crippen LogP) is 2.26. The van der Waals surface area contributed by atoms with Gasteiger partial charge in [-0.25, -0.2) is 13.9 Å². The van der Waals surface area contributed by atoms with E-state index in [0.717, 1.165) is 16.7 Å². The molecule has 1 atom stereocenters. The average Bonchev–Trinajstić information content (AvgIpc) is 2.70. The first-order valence-corrected chi connectivity index (χ1v) is 14.6. The largest absolute Gasteiger partial charge is 0.320 e. The van der Waals surface area contributed by atoms with E-state index < -0.39 is 30.3 Å². The second kappa shape index (κ2) is 8.74. The van der Waals surface area contributed by atoms with Crippen molar-refractivity contribution in [1.82, 2.24) is 14.8 Å². The van der Waals surface area contributed by atoms with Crippen LogP contribution >= 0.6 is 0 Å². The number of nitrogens with zero attached hydrogens (tertiary/aromatic N) is 2. The van der Waals surface area contributed by atoms with Crippen molar-refractivity contribution in [3.8, 4) is 0 Å². The van der Waals surface area contributed by atoms with Gasteiger partial charge in [-0.1, -0.05) is 24.3 Å². The number of benzene rings is 1. The van der Waals surface area contributed by atoms with E-state index in [1.54, 1.807) is 24.5 Å². The van der Waals surface area contributed by atoms with Crippen molar-refractivity contribution in [2.75, 3.05) is 5.75 Å². The zero-order chi connectivity index (χ0) is 21.1. The Morgan fingerprint density at radius 3 is 2.48 bits per heavy atom. The maximum Gasteiger partial charge on any atom is 0.261 e. The van der Waals surface area contributed by atoms with E-state index in [9.17, 15) is 13.2 Å². The fourth-order valence-electron chi connectivity index (χ4n) is 3.20. The van der Waals surface area contributed by atoms with Gasteiger partial charge in [0.25, 0.3) is 5.91 Å². The summed E-state index contributed by atoms with van der Waals surface area (Å²) in [6.45, 7) is 6.03. The Labute approximate surface area is 173 Å². The third kappa shape index (κ3) is 5.72. The molecule has 0 saturated heterocycles. The number of hydrogen-bond donors (Lipinski definition) is 1. The first-order chi connectivity index (χ1) is 13.7. The minimum absolute atomic E-state index is 0.0716. The summed E-state index contributed by atoms with van der Waals surface area (Å²) in [4.78, 5) is 16.8. The fourth-order valence-corrected chi connectivity index (χ4v) is 5.23. The van der Waals surface area contributed by atoms with Crippen molar-refractivity contribution in [1.29, 1.82) is 0 Å². The van der Waals surface area contributed by atoms with Gasteiger partial charge in [-0.05, 0) is 61.3 Å². The van der Waals surface area contributed by atoms with Gasteiger partial charge in [-0.15, -0.1) is 0 Å². The summed E-state index contributed by atoms with van der Waals surface area (Å²) in [6.07, 6.45) is 3.97. The lowest BCUT2D eigenvalue weighted by Crippen LogP contribution is -2.54. The molecule has 0 saturated carbocycles. The molecule has 1 aromatic carbocycles. The van der Waals surface area contributed by atoms with Gasteiger partial charge in [-0.3, -0.25) is 9.78 Å². The van der Waals surface area contributed by atoms with Crippen LogP contribution in [0.4, 0.5) is 0 Å². The number of hydroxylamine groups is 1. The molecular formula is C20H27N3O4SSi. The molecule has 29 heavy (non-hydrogen) atoms. The van der Waals surface area contributed by atoms with Crippen LogP contribution in [0.2, 0.25) is 19.6 Å². The molecule has 7 nitrogen and oxygen atoms in total. The minimum atomic E-state index is -3.66. The maximum atomic E-state index is 13.2. The Bertz CT molecular complexity index is 961. The van der Waals surface area contributed by atoms with Crippen LogP contribution in [-0.4, -0.2) is 43.7 Å². The number of fused-ring (bicyclic) bond motifs is 1. The molecule has 0 aliphatic carbocycles. The number of aryl methyl sites for hydroxylation is 1. The normalized spacial score (nSPS) is 17.6. The van der Waals surface area contributed by atoms with Crippen molar-refractivity contribution in [2.24, 2.45) is 0 Å². The number of carbonyl (C=O) groups excluding carboxylic acids is 1. The van der Waals surface area contributed by atoms with Gasteiger partial charge >= 0.3 is 0 Å². The number of rotatable bonds is 7. The fraction of sp³-hybridized carbons (Fsp3) is 0.400. The SMILES string of the molecule is C[Si](C)(C)ONC(=O)[C@H]1Cc2ccccc2CN1S(=O)(=O)CCc1ccncc1. The van der Waals surface area contributed by atoms with Gasteiger partial charge in [0.15, 0.2) is 0 Å². The number of carbonyl (C=O) groups is 1.